The average Bonchev–Trinajstić information content (AvgIpc) is 2.60. The van der Waals surface area contributed by atoms with E-state index in [1.165, 1.54) is 6.92 Å². The molecule has 1 unspecified atom stereocenters. The van der Waals surface area contributed by atoms with Crippen LogP contribution in [0.5, 0.6) is 0 Å². The fraction of sp³-hybridized carbons (Fsp3) is 0.300. The molecule has 25 heavy (non-hydrogen) atoms. The van der Waals surface area contributed by atoms with Gasteiger partial charge in [-0.15, -0.1) is 0 Å². The first-order valence-electron chi connectivity index (χ1n) is 8.34. The average molecular weight is 340 g/mol. The summed E-state index contributed by atoms with van der Waals surface area (Å²) < 4.78 is 0. The van der Waals surface area contributed by atoms with Crippen LogP contribution in [0.3, 0.4) is 0 Å². The predicted octanol–water partition coefficient (Wildman–Crippen LogP) is 2.05. The molecular formula is C20H24N2O3. The number of amides is 2. The van der Waals surface area contributed by atoms with Crippen molar-refractivity contribution in [3.63, 3.8) is 0 Å². The van der Waals surface area contributed by atoms with E-state index in [0.717, 1.165) is 11.1 Å². The van der Waals surface area contributed by atoms with Crippen LogP contribution in [0.25, 0.3) is 0 Å². The maximum Gasteiger partial charge on any atom is 0.252 e. The van der Waals surface area contributed by atoms with E-state index in [-0.39, 0.29) is 18.9 Å². The Hall–Kier alpha value is -2.66. The zero-order valence-electron chi connectivity index (χ0n) is 14.6. The van der Waals surface area contributed by atoms with E-state index < -0.39 is 11.5 Å². The van der Waals surface area contributed by atoms with Crippen LogP contribution in [-0.2, 0) is 17.8 Å². The highest BCUT2D eigenvalue weighted by Crippen LogP contribution is 2.14. The lowest BCUT2D eigenvalue weighted by Gasteiger charge is -2.22. The minimum Gasteiger partial charge on any atom is -0.380 e. The van der Waals surface area contributed by atoms with Gasteiger partial charge in [0.15, 0.2) is 0 Å². The molecule has 2 rings (SSSR count). The monoisotopic (exact) mass is 340 g/mol. The van der Waals surface area contributed by atoms with Gasteiger partial charge in [-0.2, -0.15) is 0 Å². The molecule has 2 aromatic carbocycles. The number of hydrogen-bond acceptors (Lipinski definition) is 3. The Morgan fingerprint density at radius 2 is 1.68 bits per heavy atom. The van der Waals surface area contributed by atoms with Crippen molar-refractivity contribution in [2.24, 2.45) is 0 Å². The van der Waals surface area contributed by atoms with E-state index in [0.29, 0.717) is 12.1 Å². The number of carbonyl (C=O) groups excluding carboxylic acids is 2. The number of carbonyl (C=O) groups is 2. The number of nitrogens with one attached hydrogen (secondary N) is 2. The van der Waals surface area contributed by atoms with Gasteiger partial charge in [-0.25, -0.2) is 0 Å². The van der Waals surface area contributed by atoms with Gasteiger partial charge in [0.25, 0.3) is 11.8 Å². The third-order valence-electron chi connectivity index (χ3n) is 3.86. The Morgan fingerprint density at radius 1 is 1.00 bits per heavy atom. The van der Waals surface area contributed by atoms with Crippen molar-refractivity contribution in [3.05, 3.63) is 71.3 Å². The fourth-order valence-corrected chi connectivity index (χ4v) is 2.53. The lowest BCUT2D eigenvalue weighted by atomic mass is 9.95. The third-order valence-corrected chi connectivity index (χ3v) is 3.86. The lowest BCUT2D eigenvalue weighted by Crippen LogP contribution is -2.45. The smallest absolute Gasteiger partial charge is 0.252 e. The molecule has 3 N–H and O–H groups in total. The van der Waals surface area contributed by atoms with Gasteiger partial charge in [-0.05, 0) is 37.1 Å². The molecule has 2 aromatic rings. The normalized spacial score (nSPS) is 12.9. The highest BCUT2D eigenvalue weighted by atomic mass is 16.3. The molecule has 0 saturated heterocycles. The van der Waals surface area contributed by atoms with Crippen molar-refractivity contribution in [2.75, 3.05) is 6.54 Å². The lowest BCUT2D eigenvalue weighted by molar-refractivity contribution is -0.138. The SMILES string of the molecule is CCNC(=O)c1cccc(CNC(=O)C(C)(O)Cc2ccccc2)c1. The molecule has 1 atom stereocenters. The molecule has 0 aromatic heterocycles. The molecule has 0 saturated carbocycles. The molecule has 0 fully saturated rings. The maximum absolute atomic E-state index is 12.3. The molecule has 2 amide bonds. The van der Waals surface area contributed by atoms with Gasteiger partial charge in [0.2, 0.25) is 0 Å². The van der Waals surface area contributed by atoms with Crippen LogP contribution in [-0.4, -0.2) is 29.1 Å². The van der Waals surface area contributed by atoms with Crippen molar-refractivity contribution in [3.8, 4) is 0 Å². The van der Waals surface area contributed by atoms with Crippen molar-refractivity contribution in [1.29, 1.82) is 0 Å². The first-order chi connectivity index (χ1) is 11.9. The molecule has 0 aliphatic heterocycles. The number of aliphatic hydroxyl groups is 1. The minimum atomic E-state index is -1.50. The van der Waals surface area contributed by atoms with E-state index in [2.05, 4.69) is 10.6 Å². The van der Waals surface area contributed by atoms with E-state index in [4.69, 9.17) is 0 Å². The first kappa shape index (κ1) is 18.7. The summed E-state index contributed by atoms with van der Waals surface area (Å²) in [4.78, 5) is 24.2. The summed E-state index contributed by atoms with van der Waals surface area (Å²) in [5.41, 5.74) is 0.733. The topological polar surface area (TPSA) is 78.4 Å². The summed E-state index contributed by atoms with van der Waals surface area (Å²) in [5, 5.41) is 15.9. The Balaban J connectivity index is 1.97. The predicted molar refractivity (Wildman–Crippen MR) is 97.1 cm³/mol. The minimum absolute atomic E-state index is 0.147. The number of rotatable bonds is 7. The van der Waals surface area contributed by atoms with Crippen molar-refractivity contribution in [2.45, 2.75) is 32.4 Å². The van der Waals surface area contributed by atoms with Crippen LogP contribution in [0.2, 0.25) is 0 Å². The Morgan fingerprint density at radius 3 is 2.36 bits per heavy atom. The maximum atomic E-state index is 12.3. The van der Waals surface area contributed by atoms with Gasteiger partial charge in [0, 0.05) is 25.1 Å². The van der Waals surface area contributed by atoms with Crippen LogP contribution >= 0.6 is 0 Å². The number of benzene rings is 2. The molecule has 0 aliphatic rings. The standard InChI is InChI=1S/C20H24N2O3/c1-3-21-18(23)17-11-7-10-16(12-17)14-22-19(24)20(2,25)13-15-8-5-4-6-9-15/h4-12,25H,3,13-14H2,1-2H3,(H,21,23)(H,22,24). The summed E-state index contributed by atoms with van der Waals surface area (Å²) >= 11 is 0. The fourth-order valence-electron chi connectivity index (χ4n) is 2.53. The van der Waals surface area contributed by atoms with Crippen LogP contribution in [0, 0.1) is 0 Å². The molecule has 0 bridgehead atoms. The largest absolute Gasteiger partial charge is 0.380 e. The van der Waals surface area contributed by atoms with Gasteiger partial charge in [0.05, 0.1) is 0 Å². The summed E-state index contributed by atoms with van der Waals surface area (Å²) in [6, 6.07) is 16.4. The summed E-state index contributed by atoms with van der Waals surface area (Å²) in [6.07, 6.45) is 0.235. The van der Waals surface area contributed by atoms with Crippen molar-refractivity contribution < 1.29 is 14.7 Å². The quantitative estimate of drug-likeness (QED) is 0.722. The summed E-state index contributed by atoms with van der Waals surface area (Å²) in [5.74, 6) is -0.591. The summed E-state index contributed by atoms with van der Waals surface area (Å²) in [7, 11) is 0. The van der Waals surface area contributed by atoms with Gasteiger partial charge >= 0.3 is 0 Å². The second kappa shape index (κ2) is 8.44. The molecule has 5 nitrogen and oxygen atoms in total. The molecule has 0 aliphatic carbocycles. The third kappa shape index (κ3) is 5.43. The van der Waals surface area contributed by atoms with Crippen LogP contribution in [0.1, 0.15) is 35.3 Å². The second-order valence-corrected chi connectivity index (χ2v) is 6.18. The molecule has 0 heterocycles. The summed E-state index contributed by atoms with van der Waals surface area (Å²) in [6.45, 7) is 4.16. The Kier molecular flexibility index (Phi) is 6.31. The molecule has 0 radical (unpaired) electrons. The highest BCUT2D eigenvalue weighted by Gasteiger charge is 2.30. The number of hydrogen-bond donors (Lipinski definition) is 3. The molecular weight excluding hydrogens is 316 g/mol. The van der Waals surface area contributed by atoms with Crippen LogP contribution in [0.15, 0.2) is 54.6 Å². The van der Waals surface area contributed by atoms with Crippen molar-refractivity contribution in [1.82, 2.24) is 10.6 Å². The van der Waals surface area contributed by atoms with E-state index in [9.17, 15) is 14.7 Å². The van der Waals surface area contributed by atoms with E-state index in [1.807, 2.05) is 43.3 Å². The van der Waals surface area contributed by atoms with Gasteiger partial charge in [-0.3, -0.25) is 9.59 Å². The molecule has 132 valence electrons. The molecule has 5 heteroatoms. The Labute approximate surface area is 148 Å². The van der Waals surface area contributed by atoms with E-state index >= 15 is 0 Å². The van der Waals surface area contributed by atoms with Crippen molar-refractivity contribution >= 4 is 11.8 Å². The first-order valence-corrected chi connectivity index (χ1v) is 8.34. The van der Waals surface area contributed by atoms with Gasteiger partial charge in [-0.1, -0.05) is 42.5 Å². The zero-order valence-corrected chi connectivity index (χ0v) is 14.6. The second-order valence-electron chi connectivity index (χ2n) is 6.18. The van der Waals surface area contributed by atoms with E-state index in [1.54, 1.807) is 18.2 Å². The van der Waals surface area contributed by atoms with Crippen LogP contribution in [0.4, 0.5) is 0 Å². The van der Waals surface area contributed by atoms with Crippen LogP contribution < -0.4 is 10.6 Å². The van der Waals surface area contributed by atoms with Gasteiger partial charge < -0.3 is 15.7 Å². The zero-order chi connectivity index (χ0) is 18.3. The van der Waals surface area contributed by atoms with Gasteiger partial charge in [0.1, 0.15) is 5.60 Å². The highest BCUT2D eigenvalue weighted by molar-refractivity contribution is 5.94. The molecule has 0 spiro atoms. The Bertz CT molecular complexity index is 727.